The number of aryl methyl sites for hydroxylation is 1. The number of nitrogens with zero attached hydrogens (tertiary/aromatic N) is 1. The van der Waals surface area contributed by atoms with Gasteiger partial charge in [0.15, 0.2) is 0 Å². The highest BCUT2D eigenvalue weighted by atomic mass is 14.7. The van der Waals surface area contributed by atoms with Crippen LogP contribution in [0.5, 0.6) is 0 Å². The highest BCUT2D eigenvalue weighted by Gasteiger charge is 2.24. The van der Waals surface area contributed by atoms with Crippen molar-refractivity contribution in [3.63, 3.8) is 0 Å². The van der Waals surface area contributed by atoms with Gasteiger partial charge in [0.2, 0.25) is 0 Å². The summed E-state index contributed by atoms with van der Waals surface area (Å²) in [6.07, 6.45) is 7.88. The van der Waals surface area contributed by atoms with Crippen LogP contribution in [0.1, 0.15) is 37.4 Å². The van der Waals surface area contributed by atoms with Crippen LogP contribution in [0.15, 0.2) is 18.3 Å². The molecule has 1 aromatic rings. The molecule has 2 rings (SSSR count). The van der Waals surface area contributed by atoms with E-state index >= 15 is 0 Å². The van der Waals surface area contributed by atoms with Crippen molar-refractivity contribution in [2.45, 2.75) is 45.1 Å². The molecule has 2 atom stereocenters. The number of nitrogens with two attached hydrogens (primary N) is 1. The van der Waals surface area contributed by atoms with E-state index in [2.05, 4.69) is 24.0 Å². The van der Waals surface area contributed by atoms with Crippen LogP contribution in [0.4, 0.5) is 0 Å². The monoisotopic (exact) mass is 204 g/mol. The van der Waals surface area contributed by atoms with Crippen molar-refractivity contribution in [1.82, 2.24) is 4.98 Å². The van der Waals surface area contributed by atoms with Crippen molar-refractivity contribution in [2.75, 3.05) is 0 Å². The molecule has 0 aliphatic heterocycles. The molecule has 1 aliphatic carbocycles. The minimum Gasteiger partial charge on any atom is -0.327 e. The molecular weight excluding hydrogens is 184 g/mol. The van der Waals surface area contributed by atoms with E-state index in [1.165, 1.54) is 30.5 Å². The zero-order valence-electron chi connectivity index (χ0n) is 9.45. The fraction of sp³-hybridized carbons (Fsp3) is 0.615. The number of hydrogen-bond donors (Lipinski definition) is 1. The van der Waals surface area contributed by atoms with E-state index in [0.717, 1.165) is 12.8 Å². The van der Waals surface area contributed by atoms with E-state index in [-0.39, 0.29) is 0 Å². The highest BCUT2D eigenvalue weighted by molar-refractivity contribution is 5.14. The lowest BCUT2D eigenvalue weighted by Gasteiger charge is -2.14. The summed E-state index contributed by atoms with van der Waals surface area (Å²) in [5.41, 5.74) is 8.57. The molecule has 1 aromatic heterocycles. The minimum absolute atomic E-state index is 0.401. The summed E-state index contributed by atoms with van der Waals surface area (Å²) in [5.74, 6) is 0.657. The van der Waals surface area contributed by atoms with Gasteiger partial charge in [0, 0.05) is 17.9 Å². The van der Waals surface area contributed by atoms with Crippen LogP contribution in [-0.4, -0.2) is 11.0 Å². The third-order valence-electron chi connectivity index (χ3n) is 3.48. The van der Waals surface area contributed by atoms with Crippen molar-refractivity contribution >= 4 is 0 Å². The largest absolute Gasteiger partial charge is 0.327 e. The van der Waals surface area contributed by atoms with E-state index in [4.69, 9.17) is 5.73 Å². The quantitative estimate of drug-likeness (QED) is 0.820. The van der Waals surface area contributed by atoms with Crippen LogP contribution in [0, 0.1) is 5.92 Å². The first-order chi connectivity index (χ1) is 7.29. The summed E-state index contributed by atoms with van der Waals surface area (Å²) in [6.45, 7) is 2.16. The van der Waals surface area contributed by atoms with Gasteiger partial charge in [0.1, 0.15) is 0 Å². The normalized spacial score (nSPS) is 25.7. The summed E-state index contributed by atoms with van der Waals surface area (Å²) < 4.78 is 0. The van der Waals surface area contributed by atoms with Gasteiger partial charge in [-0.15, -0.1) is 0 Å². The van der Waals surface area contributed by atoms with Gasteiger partial charge in [0.05, 0.1) is 0 Å². The molecule has 1 saturated carbocycles. The van der Waals surface area contributed by atoms with Crippen molar-refractivity contribution in [3.8, 4) is 0 Å². The Balaban J connectivity index is 1.98. The Morgan fingerprint density at radius 3 is 2.80 bits per heavy atom. The number of rotatable bonds is 3. The first kappa shape index (κ1) is 10.6. The standard InChI is InChI=1S/C13H20N2/c1-2-10-6-7-12(15-9-10)8-11-4-3-5-13(11)14/h6-7,9,11,13H,2-5,8,14H2,1H3. The third kappa shape index (κ3) is 2.57. The molecule has 2 heteroatoms. The molecular formula is C13H20N2. The molecule has 1 heterocycles. The predicted octanol–water partition coefficient (Wildman–Crippen LogP) is 2.31. The average molecular weight is 204 g/mol. The highest BCUT2D eigenvalue weighted by Crippen LogP contribution is 2.26. The molecule has 15 heavy (non-hydrogen) atoms. The molecule has 0 saturated heterocycles. The maximum absolute atomic E-state index is 6.06. The molecule has 82 valence electrons. The van der Waals surface area contributed by atoms with E-state index < -0.39 is 0 Å². The van der Waals surface area contributed by atoms with Crippen LogP contribution in [0.2, 0.25) is 0 Å². The molecule has 1 aliphatic rings. The SMILES string of the molecule is CCc1ccc(CC2CCCC2N)nc1. The van der Waals surface area contributed by atoms with Gasteiger partial charge in [-0.25, -0.2) is 0 Å². The van der Waals surface area contributed by atoms with Crippen LogP contribution in [0.25, 0.3) is 0 Å². The van der Waals surface area contributed by atoms with Gasteiger partial charge in [0.25, 0.3) is 0 Å². The summed E-state index contributed by atoms with van der Waals surface area (Å²) >= 11 is 0. The van der Waals surface area contributed by atoms with E-state index in [1.807, 2.05) is 6.20 Å². The lowest BCUT2D eigenvalue weighted by atomic mass is 9.98. The molecule has 2 nitrogen and oxygen atoms in total. The second-order valence-corrected chi connectivity index (χ2v) is 4.57. The fourth-order valence-corrected chi connectivity index (χ4v) is 2.37. The Labute approximate surface area is 91.9 Å². The summed E-state index contributed by atoms with van der Waals surface area (Å²) in [5, 5.41) is 0. The molecule has 2 unspecified atom stereocenters. The average Bonchev–Trinajstić information content (AvgIpc) is 2.66. The second-order valence-electron chi connectivity index (χ2n) is 4.57. The van der Waals surface area contributed by atoms with E-state index in [0.29, 0.717) is 12.0 Å². The first-order valence-electron chi connectivity index (χ1n) is 5.99. The smallest absolute Gasteiger partial charge is 0.0407 e. The second kappa shape index (κ2) is 4.75. The topological polar surface area (TPSA) is 38.9 Å². The van der Waals surface area contributed by atoms with Gasteiger partial charge < -0.3 is 5.73 Å². The maximum Gasteiger partial charge on any atom is 0.0407 e. The third-order valence-corrected chi connectivity index (χ3v) is 3.48. The van der Waals surface area contributed by atoms with Crippen LogP contribution >= 0.6 is 0 Å². The zero-order chi connectivity index (χ0) is 10.7. The molecule has 1 fully saturated rings. The molecule has 0 spiro atoms. The minimum atomic E-state index is 0.401. The molecule has 0 radical (unpaired) electrons. The van der Waals surface area contributed by atoms with Gasteiger partial charge in [-0.2, -0.15) is 0 Å². The Kier molecular flexibility index (Phi) is 3.37. The summed E-state index contributed by atoms with van der Waals surface area (Å²) in [7, 11) is 0. The van der Waals surface area contributed by atoms with Crippen molar-refractivity contribution in [1.29, 1.82) is 0 Å². The van der Waals surface area contributed by atoms with Gasteiger partial charge in [-0.05, 0) is 43.2 Å². The lowest BCUT2D eigenvalue weighted by molar-refractivity contribution is 0.474. The van der Waals surface area contributed by atoms with Crippen molar-refractivity contribution in [3.05, 3.63) is 29.6 Å². The Bertz CT molecular complexity index is 305. The number of aromatic nitrogens is 1. The van der Waals surface area contributed by atoms with Crippen molar-refractivity contribution in [2.24, 2.45) is 11.7 Å². The maximum atomic E-state index is 6.06. The molecule has 2 N–H and O–H groups in total. The van der Waals surface area contributed by atoms with Gasteiger partial charge >= 0.3 is 0 Å². The summed E-state index contributed by atoms with van der Waals surface area (Å²) in [6, 6.07) is 4.74. The van der Waals surface area contributed by atoms with Crippen LogP contribution in [0.3, 0.4) is 0 Å². The van der Waals surface area contributed by atoms with Crippen LogP contribution in [-0.2, 0) is 12.8 Å². The fourth-order valence-electron chi connectivity index (χ4n) is 2.37. The van der Waals surface area contributed by atoms with Crippen LogP contribution < -0.4 is 5.73 Å². The first-order valence-corrected chi connectivity index (χ1v) is 5.99. The molecule has 0 amide bonds. The molecule has 0 bridgehead atoms. The van der Waals surface area contributed by atoms with E-state index in [9.17, 15) is 0 Å². The van der Waals surface area contributed by atoms with E-state index in [1.54, 1.807) is 0 Å². The molecule has 0 aromatic carbocycles. The Morgan fingerprint density at radius 2 is 2.27 bits per heavy atom. The predicted molar refractivity (Wildman–Crippen MR) is 62.6 cm³/mol. The summed E-state index contributed by atoms with van der Waals surface area (Å²) in [4.78, 5) is 4.49. The number of hydrogen-bond acceptors (Lipinski definition) is 2. The van der Waals surface area contributed by atoms with Crippen molar-refractivity contribution < 1.29 is 0 Å². The van der Waals surface area contributed by atoms with Gasteiger partial charge in [-0.1, -0.05) is 19.4 Å². The number of pyridine rings is 1. The van der Waals surface area contributed by atoms with Gasteiger partial charge in [-0.3, -0.25) is 4.98 Å². The zero-order valence-corrected chi connectivity index (χ0v) is 9.45. The Morgan fingerprint density at radius 1 is 1.40 bits per heavy atom. The Hall–Kier alpha value is -0.890. The lowest BCUT2D eigenvalue weighted by Crippen LogP contribution is -2.26.